The van der Waals surface area contributed by atoms with E-state index in [1.165, 1.54) is 10.9 Å². The summed E-state index contributed by atoms with van der Waals surface area (Å²) in [6, 6.07) is 9.10. The van der Waals surface area contributed by atoms with Gasteiger partial charge in [0, 0.05) is 20.9 Å². The molecular formula is C14H14ClFINS. The minimum Gasteiger partial charge on any atom is -0.310 e. The lowest BCUT2D eigenvalue weighted by molar-refractivity contribution is 0.548. The van der Waals surface area contributed by atoms with Gasteiger partial charge < -0.3 is 5.32 Å². The highest BCUT2D eigenvalue weighted by Crippen LogP contribution is 2.28. The van der Waals surface area contributed by atoms with Crippen molar-refractivity contribution in [1.29, 1.82) is 0 Å². The number of benzene rings is 1. The predicted octanol–water partition coefficient (Wildman–Crippen LogP) is 5.04. The highest BCUT2D eigenvalue weighted by molar-refractivity contribution is 14.1. The highest BCUT2D eigenvalue weighted by Gasteiger charge is 2.15. The number of rotatable bonds is 5. The number of nitrogens with one attached hydrogen (secondary N) is 1. The minimum absolute atomic E-state index is 0.187. The van der Waals surface area contributed by atoms with Gasteiger partial charge in [-0.15, -0.1) is 11.3 Å². The summed E-state index contributed by atoms with van der Waals surface area (Å²) >= 11 is 9.75. The molecule has 0 aliphatic rings. The van der Waals surface area contributed by atoms with Crippen LogP contribution in [0.5, 0.6) is 0 Å². The Bertz CT molecular complexity index is 558. The number of likely N-dealkylation sites (N-methyl/N-ethyl adjacent to an activating group) is 1. The summed E-state index contributed by atoms with van der Waals surface area (Å²) in [5.41, 5.74) is 1.13. The molecule has 0 radical (unpaired) electrons. The molecular weight excluding hydrogens is 396 g/mol. The van der Waals surface area contributed by atoms with Crippen LogP contribution in [-0.2, 0) is 6.42 Å². The molecule has 1 N–H and O–H groups in total. The Kier molecular flexibility index (Phi) is 5.62. The average molecular weight is 410 g/mol. The smallest absolute Gasteiger partial charge is 0.124 e. The normalized spacial score (nSPS) is 12.6. The third kappa shape index (κ3) is 4.15. The number of halogens is 3. The lowest BCUT2D eigenvalue weighted by Gasteiger charge is -2.19. The fourth-order valence-corrected chi connectivity index (χ4v) is 3.97. The van der Waals surface area contributed by atoms with Crippen LogP contribution in [-0.4, -0.2) is 6.54 Å². The third-order valence-corrected chi connectivity index (χ3v) is 5.01. The Morgan fingerprint density at radius 3 is 2.74 bits per heavy atom. The second-order valence-electron chi connectivity index (χ2n) is 4.19. The van der Waals surface area contributed by atoms with Gasteiger partial charge in [0.25, 0.3) is 0 Å². The molecule has 0 aliphatic carbocycles. The molecule has 1 aromatic carbocycles. The quantitative estimate of drug-likeness (QED) is 0.682. The molecule has 2 rings (SSSR count). The van der Waals surface area contributed by atoms with Crippen LogP contribution < -0.4 is 5.32 Å². The summed E-state index contributed by atoms with van der Waals surface area (Å²) in [5, 5.41) is 3.45. The molecule has 0 amide bonds. The van der Waals surface area contributed by atoms with E-state index in [0.29, 0.717) is 0 Å². The molecule has 19 heavy (non-hydrogen) atoms. The predicted molar refractivity (Wildman–Crippen MR) is 88.6 cm³/mol. The molecule has 1 nitrogen and oxygen atoms in total. The molecule has 0 bridgehead atoms. The summed E-state index contributed by atoms with van der Waals surface area (Å²) in [7, 11) is 0. The zero-order valence-electron chi connectivity index (χ0n) is 10.4. The van der Waals surface area contributed by atoms with Gasteiger partial charge in [0.2, 0.25) is 0 Å². The third-order valence-electron chi connectivity index (χ3n) is 2.82. The second kappa shape index (κ2) is 7.02. The van der Waals surface area contributed by atoms with Crippen LogP contribution in [0.3, 0.4) is 0 Å². The van der Waals surface area contributed by atoms with E-state index in [0.717, 1.165) is 26.4 Å². The molecule has 0 saturated carbocycles. The van der Waals surface area contributed by atoms with Gasteiger partial charge in [-0.1, -0.05) is 24.6 Å². The Morgan fingerprint density at radius 1 is 1.37 bits per heavy atom. The topological polar surface area (TPSA) is 12.0 Å². The van der Waals surface area contributed by atoms with Crippen LogP contribution in [0.1, 0.15) is 23.4 Å². The second-order valence-corrected chi connectivity index (χ2v) is 7.15. The first kappa shape index (κ1) is 15.2. The first-order chi connectivity index (χ1) is 9.10. The summed E-state index contributed by atoms with van der Waals surface area (Å²) in [5.74, 6) is -0.192. The van der Waals surface area contributed by atoms with Crippen molar-refractivity contribution >= 4 is 45.5 Å². The van der Waals surface area contributed by atoms with Crippen molar-refractivity contribution in [2.24, 2.45) is 0 Å². The van der Waals surface area contributed by atoms with Crippen molar-refractivity contribution in [3.8, 4) is 0 Å². The maximum absolute atomic E-state index is 13.2. The van der Waals surface area contributed by atoms with Gasteiger partial charge in [-0.25, -0.2) is 4.39 Å². The molecule has 102 valence electrons. The standard InChI is InChI=1S/C14H14ClFINS/c1-2-18-13(8-10-4-6-14(15)19-10)11-5-3-9(16)7-12(11)17/h3-7,13,18H,2,8H2,1H3. The van der Waals surface area contributed by atoms with Gasteiger partial charge in [0.15, 0.2) is 0 Å². The Labute approximate surface area is 135 Å². The van der Waals surface area contributed by atoms with E-state index < -0.39 is 0 Å². The number of hydrogen-bond donors (Lipinski definition) is 1. The van der Waals surface area contributed by atoms with Gasteiger partial charge in [-0.2, -0.15) is 0 Å². The molecule has 1 unspecified atom stereocenters. The Morgan fingerprint density at radius 2 is 2.16 bits per heavy atom. The minimum atomic E-state index is -0.192. The highest BCUT2D eigenvalue weighted by atomic mass is 127. The number of thiophene rings is 1. The van der Waals surface area contributed by atoms with Crippen LogP contribution >= 0.6 is 45.5 Å². The maximum Gasteiger partial charge on any atom is 0.124 e. The Hall–Kier alpha value is -0.170. The molecule has 0 spiro atoms. The fourth-order valence-electron chi connectivity index (χ4n) is 1.99. The molecule has 0 saturated heterocycles. The van der Waals surface area contributed by atoms with Crippen molar-refractivity contribution < 1.29 is 4.39 Å². The van der Waals surface area contributed by atoms with Crippen LogP contribution in [0.25, 0.3) is 0 Å². The van der Waals surface area contributed by atoms with Gasteiger partial charge in [-0.05, 0) is 59.0 Å². The van der Waals surface area contributed by atoms with Gasteiger partial charge in [0.1, 0.15) is 5.82 Å². The lowest BCUT2D eigenvalue weighted by atomic mass is 10.0. The molecule has 0 fully saturated rings. The SMILES string of the molecule is CCNC(Cc1ccc(Cl)s1)c1ccc(F)cc1I. The molecule has 1 atom stereocenters. The maximum atomic E-state index is 13.2. The van der Waals surface area contributed by atoms with Crippen molar-refractivity contribution in [3.63, 3.8) is 0 Å². The molecule has 0 aliphatic heterocycles. The Balaban J connectivity index is 2.23. The average Bonchev–Trinajstić information content (AvgIpc) is 2.74. The first-order valence-electron chi connectivity index (χ1n) is 6.02. The summed E-state index contributed by atoms with van der Waals surface area (Å²) in [4.78, 5) is 1.23. The van der Waals surface area contributed by atoms with E-state index in [2.05, 4.69) is 34.8 Å². The van der Waals surface area contributed by atoms with Crippen LogP contribution in [0.2, 0.25) is 4.34 Å². The summed E-state index contributed by atoms with van der Waals surface area (Å²) < 4.78 is 14.9. The zero-order chi connectivity index (χ0) is 13.8. The fraction of sp³-hybridized carbons (Fsp3) is 0.286. The molecule has 5 heteroatoms. The van der Waals surface area contributed by atoms with E-state index in [9.17, 15) is 4.39 Å². The van der Waals surface area contributed by atoms with Crippen LogP contribution in [0.15, 0.2) is 30.3 Å². The van der Waals surface area contributed by atoms with Crippen molar-refractivity contribution in [2.45, 2.75) is 19.4 Å². The monoisotopic (exact) mass is 409 g/mol. The largest absolute Gasteiger partial charge is 0.310 e. The van der Waals surface area contributed by atoms with Crippen LogP contribution in [0, 0.1) is 9.39 Å². The first-order valence-corrected chi connectivity index (χ1v) is 8.30. The summed E-state index contributed by atoms with van der Waals surface area (Å²) in [6.07, 6.45) is 0.868. The molecule has 1 heterocycles. The molecule has 1 aromatic heterocycles. The zero-order valence-corrected chi connectivity index (χ0v) is 14.2. The van der Waals surface area contributed by atoms with Crippen LogP contribution in [0.4, 0.5) is 4.39 Å². The van der Waals surface area contributed by atoms with E-state index in [-0.39, 0.29) is 11.9 Å². The van der Waals surface area contributed by atoms with E-state index >= 15 is 0 Å². The van der Waals surface area contributed by atoms with Crippen molar-refractivity contribution in [2.75, 3.05) is 6.54 Å². The van der Waals surface area contributed by atoms with E-state index in [4.69, 9.17) is 11.6 Å². The van der Waals surface area contributed by atoms with Gasteiger partial charge >= 0.3 is 0 Å². The summed E-state index contributed by atoms with van der Waals surface area (Å²) in [6.45, 7) is 2.95. The van der Waals surface area contributed by atoms with Crippen molar-refractivity contribution in [3.05, 3.63) is 54.5 Å². The van der Waals surface area contributed by atoms with Gasteiger partial charge in [0.05, 0.1) is 4.34 Å². The van der Waals surface area contributed by atoms with Crippen molar-refractivity contribution in [1.82, 2.24) is 5.32 Å². The lowest BCUT2D eigenvalue weighted by Crippen LogP contribution is -2.23. The van der Waals surface area contributed by atoms with Gasteiger partial charge in [-0.3, -0.25) is 0 Å². The van der Waals surface area contributed by atoms with E-state index in [1.54, 1.807) is 17.4 Å². The molecule has 2 aromatic rings. The van der Waals surface area contributed by atoms with E-state index in [1.807, 2.05) is 18.2 Å². The number of hydrogen-bond acceptors (Lipinski definition) is 2.